The molecule has 3 aromatic rings. The minimum atomic E-state index is -3.92. The summed E-state index contributed by atoms with van der Waals surface area (Å²) in [7, 11) is -3.92. The maximum Gasteiger partial charge on any atom is 0.335 e. The van der Waals surface area contributed by atoms with Crippen molar-refractivity contribution in [1.82, 2.24) is 0 Å². The zero-order valence-electron chi connectivity index (χ0n) is 15.0. The number of rotatable bonds is 6. The molecule has 0 aliphatic carbocycles. The number of benzene rings is 3. The van der Waals surface area contributed by atoms with E-state index in [2.05, 4.69) is 15.4 Å². The second-order valence-corrected chi connectivity index (χ2v) is 7.64. The third-order valence-corrected chi connectivity index (χ3v) is 5.21. The van der Waals surface area contributed by atoms with Gasteiger partial charge in [0.25, 0.3) is 10.0 Å². The lowest BCUT2D eigenvalue weighted by Crippen LogP contribution is -2.19. The standard InChI is InChI=1S/C20H17N3O5S/c24-19(25)14-9-11-18(12-10-14)29(27,28)23-17-8-4-7-16(13-17)22-20(26)21-15-5-2-1-3-6-15/h1-13,23H,(H,24,25)(H2,21,22,26). The number of aromatic carboxylic acids is 1. The van der Waals surface area contributed by atoms with Crippen LogP contribution < -0.4 is 15.4 Å². The number of carbonyl (C=O) groups excluding carboxylic acids is 1. The average Bonchev–Trinajstić information content (AvgIpc) is 2.68. The van der Waals surface area contributed by atoms with Gasteiger partial charge in [0, 0.05) is 11.4 Å². The molecule has 0 saturated carbocycles. The Morgan fingerprint density at radius 2 is 1.31 bits per heavy atom. The molecule has 0 atom stereocenters. The molecular weight excluding hydrogens is 394 g/mol. The first-order valence-electron chi connectivity index (χ1n) is 8.43. The lowest BCUT2D eigenvalue weighted by molar-refractivity contribution is 0.0696. The average molecular weight is 411 g/mol. The fourth-order valence-electron chi connectivity index (χ4n) is 2.47. The second-order valence-electron chi connectivity index (χ2n) is 5.96. The van der Waals surface area contributed by atoms with Gasteiger partial charge in [0.15, 0.2) is 0 Å². The second kappa shape index (κ2) is 8.44. The number of hydrogen-bond acceptors (Lipinski definition) is 4. The normalized spacial score (nSPS) is 10.8. The SMILES string of the molecule is O=C(Nc1ccccc1)Nc1cccc(NS(=O)(=O)c2ccc(C(=O)O)cc2)c1. The number of anilines is 3. The number of sulfonamides is 1. The highest BCUT2D eigenvalue weighted by atomic mass is 32.2. The number of carbonyl (C=O) groups is 2. The Labute approximate surface area is 167 Å². The van der Waals surface area contributed by atoms with Gasteiger partial charge in [-0.3, -0.25) is 4.72 Å². The quantitative estimate of drug-likeness (QED) is 0.491. The van der Waals surface area contributed by atoms with Crippen molar-refractivity contribution in [2.24, 2.45) is 0 Å². The number of amides is 2. The Morgan fingerprint density at radius 1 is 0.724 bits per heavy atom. The Morgan fingerprint density at radius 3 is 1.97 bits per heavy atom. The summed E-state index contributed by atoms with van der Waals surface area (Å²) in [5.41, 5.74) is 1.23. The van der Waals surface area contributed by atoms with Crippen molar-refractivity contribution in [1.29, 1.82) is 0 Å². The first kappa shape index (κ1) is 19.9. The van der Waals surface area contributed by atoms with E-state index in [0.717, 1.165) is 0 Å². The van der Waals surface area contributed by atoms with Gasteiger partial charge in [-0.25, -0.2) is 18.0 Å². The van der Waals surface area contributed by atoms with Crippen molar-refractivity contribution in [3.05, 3.63) is 84.4 Å². The summed E-state index contributed by atoms with van der Waals surface area (Å²) >= 11 is 0. The molecule has 29 heavy (non-hydrogen) atoms. The highest BCUT2D eigenvalue weighted by Crippen LogP contribution is 2.20. The molecule has 0 heterocycles. The highest BCUT2D eigenvalue weighted by Gasteiger charge is 2.15. The van der Waals surface area contributed by atoms with Gasteiger partial charge in [0.1, 0.15) is 0 Å². The molecule has 2 amide bonds. The van der Waals surface area contributed by atoms with Crippen molar-refractivity contribution < 1.29 is 23.1 Å². The van der Waals surface area contributed by atoms with Crippen LogP contribution in [-0.2, 0) is 10.0 Å². The number of urea groups is 1. The Balaban J connectivity index is 1.70. The van der Waals surface area contributed by atoms with E-state index in [4.69, 9.17) is 5.11 Å². The molecule has 0 fully saturated rings. The smallest absolute Gasteiger partial charge is 0.335 e. The molecule has 0 bridgehead atoms. The summed E-state index contributed by atoms with van der Waals surface area (Å²) in [5, 5.41) is 14.2. The fourth-order valence-corrected chi connectivity index (χ4v) is 3.52. The van der Waals surface area contributed by atoms with Gasteiger partial charge >= 0.3 is 12.0 Å². The molecular formula is C20H17N3O5S. The summed E-state index contributed by atoms with van der Waals surface area (Å²) in [5.74, 6) is -1.14. The van der Waals surface area contributed by atoms with Crippen LogP contribution in [0.15, 0.2) is 83.8 Å². The Bertz CT molecular complexity index is 1130. The van der Waals surface area contributed by atoms with E-state index in [1.54, 1.807) is 36.4 Å². The molecule has 9 heteroatoms. The highest BCUT2D eigenvalue weighted by molar-refractivity contribution is 7.92. The zero-order chi connectivity index (χ0) is 20.9. The topological polar surface area (TPSA) is 125 Å². The number of para-hydroxylation sites is 1. The van der Waals surface area contributed by atoms with Crippen molar-refractivity contribution in [3.8, 4) is 0 Å². The number of carboxylic acid groups (broad SMARTS) is 1. The lowest BCUT2D eigenvalue weighted by atomic mass is 10.2. The largest absolute Gasteiger partial charge is 0.478 e. The Kier molecular flexibility index (Phi) is 5.79. The van der Waals surface area contributed by atoms with Crippen LogP contribution >= 0.6 is 0 Å². The fraction of sp³-hybridized carbons (Fsp3) is 0. The number of hydrogen-bond donors (Lipinski definition) is 4. The van der Waals surface area contributed by atoms with Gasteiger partial charge in [0.05, 0.1) is 16.1 Å². The minimum absolute atomic E-state index is 0.0143. The van der Waals surface area contributed by atoms with Gasteiger partial charge in [0.2, 0.25) is 0 Å². The van der Waals surface area contributed by atoms with Crippen LogP contribution in [0.3, 0.4) is 0 Å². The maximum absolute atomic E-state index is 12.5. The third kappa shape index (κ3) is 5.33. The van der Waals surface area contributed by atoms with Crippen molar-refractivity contribution in [2.75, 3.05) is 15.4 Å². The molecule has 0 radical (unpaired) electrons. The van der Waals surface area contributed by atoms with Crippen LogP contribution in [0.2, 0.25) is 0 Å². The molecule has 8 nitrogen and oxygen atoms in total. The first-order chi connectivity index (χ1) is 13.8. The first-order valence-corrected chi connectivity index (χ1v) is 9.91. The van der Waals surface area contributed by atoms with Gasteiger partial charge in [-0.15, -0.1) is 0 Å². The van der Waals surface area contributed by atoms with Gasteiger partial charge in [-0.2, -0.15) is 0 Å². The monoisotopic (exact) mass is 411 g/mol. The van der Waals surface area contributed by atoms with Gasteiger partial charge < -0.3 is 15.7 Å². The molecule has 0 aromatic heterocycles. The summed E-state index contributed by atoms with van der Waals surface area (Å²) in [4.78, 5) is 22.9. The van der Waals surface area contributed by atoms with Gasteiger partial charge in [-0.1, -0.05) is 24.3 Å². The van der Waals surface area contributed by atoms with Crippen molar-refractivity contribution in [2.45, 2.75) is 4.90 Å². The van der Waals surface area contributed by atoms with Crippen LogP contribution in [0.4, 0.5) is 21.9 Å². The van der Waals surface area contributed by atoms with Crippen LogP contribution in [0.25, 0.3) is 0 Å². The van der Waals surface area contributed by atoms with Crippen LogP contribution in [-0.4, -0.2) is 25.5 Å². The molecule has 0 unspecified atom stereocenters. The molecule has 3 rings (SSSR count). The summed E-state index contributed by atoms with van der Waals surface area (Å²) < 4.78 is 27.4. The molecule has 0 aliphatic heterocycles. The van der Waals surface area contributed by atoms with E-state index in [1.165, 1.54) is 36.4 Å². The zero-order valence-corrected chi connectivity index (χ0v) is 15.8. The predicted molar refractivity (Wildman–Crippen MR) is 110 cm³/mol. The third-order valence-electron chi connectivity index (χ3n) is 3.82. The van der Waals surface area contributed by atoms with Crippen LogP contribution in [0.1, 0.15) is 10.4 Å². The van der Waals surface area contributed by atoms with Crippen molar-refractivity contribution in [3.63, 3.8) is 0 Å². The molecule has 148 valence electrons. The summed E-state index contributed by atoms with van der Waals surface area (Å²) in [6, 6.07) is 19.4. The lowest BCUT2D eigenvalue weighted by Gasteiger charge is -2.11. The van der Waals surface area contributed by atoms with E-state index in [0.29, 0.717) is 11.4 Å². The molecule has 0 spiro atoms. The molecule has 4 N–H and O–H groups in total. The number of carboxylic acids is 1. The molecule has 0 aliphatic rings. The van der Waals surface area contributed by atoms with E-state index in [1.807, 2.05) is 6.07 Å². The van der Waals surface area contributed by atoms with Crippen LogP contribution in [0, 0.1) is 0 Å². The molecule has 0 saturated heterocycles. The van der Waals surface area contributed by atoms with E-state index < -0.39 is 22.0 Å². The maximum atomic E-state index is 12.5. The van der Waals surface area contributed by atoms with Gasteiger partial charge in [-0.05, 0) is 54.6 Å². The summed E-state index contributed by atoms with van der Waals surface area (Å²) in [6.07, 6.45) is 0. The minimum Gasteiger partial charge on any atom is -0.478 e. The van der Waals surface area contributed by atoms with E-state index in [-0.39, 0.29) is 16.1 Å². The van der Waals surface area contributed by atoms with E-state index in [9.17, 15) is 18.0 Å². The Hall–Kier alpha value is -3.85. The summed E-state index contributed by atoms with van der Waals surface area (Å²) in [6.45, 7) is 0. The van der Waals surface area contributed by atoms with Crippen LogP contribution in [0.5, 0.6) is 0 Å². The number of nitrogens with one attached hydrogen (secondary N) is 3. The van der Waals surface area contributed by atoms with Crippen molar-refractivity contribution >= 4 is 39.1 Å². The molecule has 3 aromatic carbocycles. The van der Waals surface area contributed by atoms with E-state index >= 15 is 0 Å². The predicted octanol–water partition coefficient (Wildman–Crippen LogP) is 3.83.